The monoisotopic (exact) mass is 268 g/mol. The number of halogens is 2. The van der Waals surface area contributed by atoms with Gasteiger partial charge in [0.2, 0.25) is 5.91 Å². The fraction of sp³-hybridized carbons (Fsp3) is 0.500. The van der Waals surface area contributed by atoms with Crippen molar-refractivity contribution in [3.8, 4) is 0 Å². The van der Waals surface area contributed by atoms with Gasteiger partial charge in [0.25, 0.3) is 0 Å². The molecule has 19 heavy (non-hydrogen) atoms. The first-order valence-corrected chi connectivity index (χ1v) is 6.64. The number of anilines is 1. The van der Waals surface area contributed by atoms with Gasteiger partial charge in [0, 0.05) is 6.54 Å². The number of benzene rings is 1. The van der Waals surface area contributed by atoms with Crippen LogP contribution in [0, 0.1) is 11.6 Å². The third-order valence-electron chi connectivity index (χ3n) is 3.29. The van der Waals surface area contributed by atoms with Gasteiger partial charge in [-0.3, -0.25) is 4.79 Å². The number of rotatable bonds is 4. The van der Waals surface area contributed by atoms with Gasteiger partial charge in [-0.25, -0.2) is 8.78 Å². The quantitative estimate of drug-likeness (QED) is 0.909. The molecule has 0 saturated carbocycles. The largest absolute Gasteiger partial charge is 0.306 e. The zero-order valence-corrected chi connectivity index (χ0v) is 11.0. The van der Waals surface area contributed by atoms with E-state index in [1.54, 1.807) is 0 Å². The second-order valence-corrected chi connectivity index (χ2v) is 4.71. The van der Waals surface area contributed by atoms with Crippen LogP contribution in [0.25, 0.3) is 0 Å². The molecule has 3 nitrogen and oxygen atoms in total. The van der Waals surface area contributed by atoms with Crippen LogP contribution in [0.1, 0.15) is 26.2 Å². The van der Waals surface area contributed by atoms with Crippen LogP contribution in [0.15, 0.2) is 18.2 Å². The van der Waals surface area contributed by atoms with Gasteiger partial charge in [0.05, 0.1) is 6.04 Å². The van der Waals surface area contributed by atoms with Crippen molar-refractivity contribution in [2.75, 3.05) is 18.0 Å². The zero-order chi connectivity index (χ0) is 13.8. The number of carbonyl (C=O) groups is 1. The normalized spacial score (nSPS) is 19.8. The smallest absolute Gasteiger partial charge is 0.244 e. The van der Waals surface area contributed by atoms with Gasteiger partial charge >= 0.3 is 0 Å². The number of nitrogens with zero attached hydrogens (tertiary/aromatic N) is 1. The zero-order valence-electron chi connectivity index (χ0n) is 11.0. The first kappa shape index (κ1) is 13.9. The molecule has 104 valence electrons. The summed E-state index contributed by atoms with van der Waals surface area (Å²) < 4.78 is 27.5. The molecule has 0 radical (unpaired) electrons. The number of hydrogen-bond donors (Lipinski definition) is 1. The maximum atomic E-state index is 13.7. The Kier molecular flexibility index (Phi) is 4.47. The number of hydrogen-bond acceptors (Lipinski definition) is 2. The van der Waals surface area contributed by atoms with Crippen LogP contribution in [-0.4, -0.2) is 25.0 Å². The minimum atomic E-state index is -0.690. The number of carbonyl (C=O) groups excluding carboxylic acids is 1. The Hall–Kier alpha value is -1.49. The SMILES string of the molecule is CCCNC1CCCN(c2c(F)cccc2F)C1=O. The average Bonchev–Trinajstić information content (AvgIpc) is 2.39. The second-order valence-electron chi connectivity index (χ2n) is 4.71. The number of piperidine rings is 1. The lowest BCUT2D eigenvalue weighted by Crippen LogP contribution is -2.51. The van der Waals surface area contributed by atoms with Crippen molar-refractivity contribution in [2.24, 2.45) is 0 Å². The van der Waals surface area contributed by atoms with Crippen LogP contribution < -0.4 is 10.2 Å². The Balaban J connectivity index is 2.22. The van der Waals surface area contributed by atoms with E-state index in [0.717, 1.165) is 19.4 Å². The predicted octanol–water partition coefficient (Wildman–Crippen LogP) is 2.46. The van der Waals surface area contributed by atoms with Gasteiger partial charge < -0.3 is 10.2 Å². The fourth-order valence-electron chi connectivity index (χ4n) is 2.35. The lowest BCUT2D eigenvalue weighted by molar-refractivity contribution is -0.121. The highest BCUT2D eigenvalue weighted by Gasteiger charge is 2.31. The summed E-state index contributed by atoms with van der Waals surface area (Å²) in [5, 5.41) is 3.12. The summed E-state index contributed by atoms with van der Waals surface area (Å²) in [5.74, 6) is -1.63. The molecule has 5 heteroatoms. The molecule has 1 saturated heterocycles. The van der Waals surface area contributed by atoms with E-state index in [1.165, 1.54) is 23.1 Å². The Morgan fingerprint density at radius 2 is 2.05 bits per heavy atom. The molecule has 1 aliphatic heterocycles. The molecule has 1 fully saturated rings. The molecule has 0 bridgehead atoms. The van der Waals surface area contributed by atoms with E-state index in [9.17, 15) is 13.6 Å². The number of nitrogens with one attached hydrogen (secondary N) is 1. The Morgan fingerprint density at radius 1 is 1.37 bits per heavy atom. The topological polar surface area (TPSA) is 32.3 Å². The summed E-state index contributed by atoms with van der Waals surface area (Å²) in [7, 11) is 0. The molecule has 0 aromatic heterocycles. The van der Waals surface area contributed by atoms with Gasteiger partial charge in [-0.05, 0) is 37.9 Å². The highest BCUT2D eigenvalue weighted by atomic mass is 19.1. The number of amides is 1. The van der Waals surface area contributed by atoms with E-state index in [4.69, 9.17) is 0 Å². The van der Waals surface area contributed by atoms with Gasteiger partial charge in [-0.2, -0.15) is 0 Å². The fourth-order valence-corrected chi connectivity index (χ4v) is 2.35. The molecule has 1 N–H and O–H groups in total. The summed E-state index contributed by atoms with van der Waals surface area (Å²) in [6, 6.07) is 3.31. The van der Waals surface area contributed by atoms with E-state index in [2.05, 4.69) is 5.32 Å². The Bertz CT molecular complexity index is 445. The van der Waals surface area contributed by atoms with Gasteiger partial charge in [-0.15, -0.1) is 0 Å². The maximum absolute atomic E-state index is 13.7. The first-order chi connectivity index (χ1) is 9.15. The van der Waals surface area contributed by atoms with Crippen molar-refractivity contribution < 1.29 is 13.6 Å². The molecule has 2 rings (SSSR count). The lowest BCUT2D eigenvalue weighted by Gasteiger charge is -2.33. The average molecular weight is 268 g/mol. The van der Waals surface area contributed by atoms with E-state index >= 15 is 0 Å². The third-order valence-corrected chi connectivity index (χ3v) is 3.29. The minimum absolute atomic E-state index is 0.226. The molecule has 1 unspecified atom stereocenters. The molecular formula is C14H18F2N2O. The molecule has 1 aliphatic rings. The molecule has 1 atom stereocenters. The van der Waals surface area contributed by atoms with E-state index in [0.29, 0.717) is 13.0 Å². The second kappa shape index (κ2) is 6.10. The first-order valence-electron chi connectivity index (χ1n) is 6.64. The summed E-state index contributed by atoms with van der Waals surface area (Å²) in [6.07, 6.45) is 2.37. The highest BCUT2D eigenvalue weighted by molar-refractivity contribution is 5.98. The van der Waals surface area contributed by atoms with Crippen molar-refractivity contribution in [2.45, 2.75) is 32.2 Å². The van der Waals surface area contributed by atoms with Crippen molar-refractivity contribution in [3.05, 3.63) is 29.8 Å². The highest BCUT2D eigenvalue weighted by Crippen LogP contribution is 2.27. The van der Waals surface area contributed by atoms with Crippen LogP contribution in [0.2, 0.25) is 0 Å². The van der Waals surface area contributed by atoms with Crippen LogP contribution in [0.5, 0.6) is 0 Å². The lowest BCUT2D eigenvalue weighted by atomic mass is 10.0. The molecule has 1 aromatic carbocycles. The van der Waals surface area contributed by atoms with Gasteiger partial charge in [0.15, 0.2) is 0 Å². The van der Waals surface area contributed by atoms with Crippen LogP contribution in [0.4, 0.5) is 14.5 Å². The van der Waals surface area contributed by atoms with Crippen LogP contribution in [-0.2, 0) is 4.79 Å². The standard InChI is InChI=1S/C14H18F2N2O/c1-2-8-17-12-7-4-9-18(14(12)19)13-10(15)5-3-6-11(13)16/h3,5-6,12,17H,2,4,7-9H2,1H3. The Labute approximate surface area is 111 Å². The summed E-state index contributed by atoms with van der Waals surface area (Å²) in [4.78, 5) is 13.5. The summed E-state index contributed by atoms with van der Waals surface area (Å²) in [5.41, 5.74) is -0.226. The maximum Gasteiger partial charge on any atom is 0.244 e. The van der Waals surface area contributed by atoms with E-state index in [-0.39, 0.29) is 17.6 Å². The molecule has 0 spiro atoms. The molecular weight excluding hydrogens is 250 g/mol. The van der Waals surface area contributed by atoms with Crippen molar-refractivity contribution in [3.63, 3.8) is 0 Å². The molecule has 1 amide bonds. The molecule has 1 heterocycles. The van der Waals surface area contributed by atoms with E-state index < -0.39 is 11.6 Å². The van der Waals surface area contributed by atoms with E-state index in [1.807, 2.05) is 6.92 Å². The van der Waals surface area contributed by atoms with Gasteiger partial charge in [0.1, 0.15) is 17.3 Å². The minimum Gasteiger partial charge on any atom is -0.306 e. The molecule has 1 aromatic rings. The predicted molar refractivity (Wildman–Crippen MR) is 70.0 cm³/mol. The molecule has 0 aliphatic carbocycles. The van der Waals surface area contributed by atoms with Crippen molar-refractivity contribution in [1.82, 2.24) is 5.32 Å². The Morgan fingerprint density at radius 3 is 2.68 bits per heavy atom. The number of para-hydroxylation sites is 1. The van der Waals surface area contributed by atoms with Crippen molar-refractivity contribution in [1.29, 1.82) is 0 Å². The van der Waals surface area contributed by atoms with Crippen LogP contribution >= 0.6 is 0 Å². The van der Waals surface area contributed by atoms with Crippen LogP contribution in [0.3, 0.4) is 0 Å². The van der Waals surface area contributed by atoms with Gasteiger partial charge in [-0.1, -0.05) is 13.0 Å². The third kappa shape index (κ3) is 2.92. The summed E-state index contributed by atoms with van der Waals surface area (Å²) in [6.45, 7) is 3.10. The van der Waals surface area contributed by atoms with Crippen molar-refractivity contribution >= 4 is 11.6 Å². The summed E-state index contributed by atoms with van der Waals surface area (Å²) >= 11 is 0.